The monoisotopic (exact) mass is 166 g/mol. The number of likely N-dealkylation sites (N-methyl/N-ethyl adjacent to an activating group) is 1. The van der Waals surface area contributed by atoms with Gasteiger partial charge in [-0.3, -0.25) is 0 Å². The van der Waals surface area contributed by atoms with Gasteiger partial charge in [0.05, 0.1) is 5.69 Å². The Balaban J connectivity index is 2.56. The molecule has 1 aromatic carbocycles. The topological polar surface area (TPSA) is 29.3 Å². The summed E-state index contributed by atoms with van der Waals surface area (Å²) < 4.78 is 13.0. The van der Waals surface area contributed by atoms with Gasteiger partial charge >= 0.3 is 0 Å². The Morgan fingerprint density at radius 1 is 1.50 bits per heavy atom. The van der Waals surface area contributed by atoms with Crippen molar-refractivity contribution in [3.63, 3.8) is 0 Å². The minimum Gasteiger partial charge on any atom is -0.396 e. The maximum atomic E-state index is 13.0. The van der Waals surface area contributed by atoms with Crippen LogP contribution < -0.4 is 10.6 Å². The summed E-state index contributed by atoms with van der Waals surface area (Å²) in [5, 5.41) is 0. The summed E-state index contributed by atoms with van der Waals surface area (Å²) in [6.07, 6.45) is 0.920. The summed E-state index contributed by atoms with van der Waals surface area (Å²) >= 11 is 0. The third-order valence-electron chi connectivity index (χ3n) is 2.33. The Morgan fingerprint density at radius 3 is 3.00 bits per heavy atom. The molecule has 0 bridgehead atoms. The van der Waals surface area contributed by atoms with Gasteiger partial charge in [-0.1, -0.05) is 0 Å². The normalized spacial score (nSPS) is 15.0. The van der Waals surface area contributed by atoms with Gasteiger partial charge in [-0.25, -0.2) is 4.39 Å². The molecule has 64 valence electrons. The molecule has 12 heavy (non-hydrogen) atoms. The van der Waals surface area contributed by atoms with Crippen LogP contribution in [0.15, 0.2) is 12.1 Å². The molecule has 0 aliphatic carbocycles. The van der Waals surface area contributed by atoms with Gasteiger partial charge in [0.25, 0.3) is 0 Å². The zero-order valence-corrected chi connectivity index (χ0v) is 6.97. The van der Waals surface area contributed by atoms with Gasteiger partial charge in [0, 0.05) is 19.3 Å². The molecule has 2 nitrogen and oxygen atoms in total. The number of nitrogens with zero attached hydrogens (tertiary/aromatic N) is 1. The first-order chi connectivity index (χ1) is 5.68. The van der Waals surface area contributed by atoms with Crippen molar-refractivity contribution in [2.24, 2.45) is 0 Å². The van der Waals surface area contributed by atoms with Crippen LogP contribution >= 0.6 is 0 Å². The molecule has 0 saturated carbocycles. The van der Waals surface area contributed by atoms with Gasteiger partial charge in [0.15, 0.2) is 0 Å². The van der Waals surface area contributed by atoms with Gasteiger partial charge in [-0.05, 0) is 24.1 Å². The summed E-state index contributed by atoms with van der Waals surface area (Å²) in [6.45, 7) is 0.957. The van der Waals surface area contributed by atoms with E-state index in [1.807, 2.05) is 7.05 Å². The van der Waals surface area contributed by atoms with Crippen molar-refractivity contribution in [2.45, 2.75) is 6.42 Å². The Hall–Kier alpha value is -1.25. The summed E-state index contributed by atoms with van der Waals surface area (Å²) in [6, 6.07) is 3.24. The molecule has 2 rings (SSSR count). The van der Waals surface area contributed by atoms with E-state index >= 15 is 0 Å². The Labute approximate surface area is 70.8 Å². The average molecular weight is 166 g/mol. The Morgan fingerprint density at radius 2 is 2.25 bits per heavy atom. The van der Waals surface area contributed by atoms with E-state index < -0.39 is 0 Å². The molecular formula is C9H11FN2. The van der Waals surface area contributed by atoms with E-state index in [9.17, 15) is 4.39 Å². The van der Waals surface area contributed by atoms with Crippen LogP contribution in [0.3, 0.4) is 0 Å². The van der Waals surface area contributed by atoms with E-state index in [1.54, 1.807) is 6.07 Å². The number of anilines is 2. The predicted molar refractivity (Wildman–Crippen MR) is 47.8 cm³/mol. The molecule has 1 heterocycles. The van der Waals surface area contributed by atoms with Crippen LogP contribution in [0.4, 0.5) is 15.8 Å². The van der Waals surface area contributed by atoms with Crippen molar-refractivity contribution in [3.8, 4) is 0 Å². The van der Waals surface area contributed by atoms with Crippen LogP contribution in [0.2, 0.25) is 0 Å². The largest absolute Gasteiger partial charge is 0.396 e. The molecule has 0 saturated heterocycles. The lowest BCUT2D eigenvalue weighted by Gasteiger charge is -2.12. The maximum Gasteiger partial charge on any atom is 0.146 e. The number of nitrogens with two attached hydrogens (primary N) is 1. The zero-order chi connectivity index (χ0) is 8.72. The molecule has 0 spiro atoms. The van der Waals surface area contributed by atoms with Gasteiger partial charge in [0.1, 0.15) is 5.82 Å². The first kappa shape index (κ1) is 7.40. The summed E-state index contributed by atoms with van der Waals surface area (Å²) in [5.41, 5.74) is 7.82. The van der Waals surface area contributed by atoms with Crippen molar-refractivity contribution in [3.05, 3.63) is 23.5 Å². The number of rotatable bonds is 0. The van der Waals surface area contributed by atoms with Crippen molar-refractivity contribution in [1.82, 2.24) is 0 Å². The minimum absolute atomic E-state index is 0.238. The van der Waals surface area contributed by atoms with Crippen molar-refractivity contribution < 1.29 is 4.39 Å². The number of hydrogen-bond acceptors (Lipinski definition) is 2. The third-order valence-corrected chi connectivity index (χ3v) is 2.33. The highest BCUT2D eigenvalue weighted by Crippen LogP contribution is 2.30. The Kier molecular flexibility index (Phi) is 1.46. The second-order valence-electron chi connectivity index (χ2n) is 3.17. The fourth-order valence-corrected chi connectivity index (χ4v) is 1.58. The molecule has 0 unspecified atom stereocenters. The van der Waals surface area contributed by atoms with Crippen LogP contribution in [0, 0.1) is 5.82 Å². The molecule has 1 aliphatic rings. The van der Waals surface area contributed by atoms with E-state index in [4.69, 9.17) is 5.73 Å². The highest BCUT2D eigenvalue weighted by molar-refractivity contribution is 5.64. The third kappa shape index (κ3) is 0.932. The predicted octanol–water partition coefficient (Wildman–Crippen LogP) is 1.40. The number of nitrogen functional groups attached to an aromatic ring is 1. The lowest BCUT2D eigenvalue weighted by atomic mass is 10.1. The zero-order valence-electron chi connectivity index (χ0n) is 6.97. The van der Waals surface area contributed by atoms with Crippen LogP contribution in [-0.2, 0) is 6.42 Å². The lowest BCUT2D eigenvalue weighted by molar-refractivity contribution is 0.631. The number of benzene rings is 1. The molecule has 0 aromatic heterocycles. The number of fused-ring (bicyclic) bond motifs is 1. The second kappa shape index (κ2) is 2.37. The smallest absolute Gasteiger partial charge is 0.146 e. The van der Waals surface area contributed by atoms with Crippen molar-refractivity contribution in [1.29, 1.82) is 0 Å². The molecule has 2 N–H and O–H groups in total. The van der Waals surface area contributed by atoms with Gasteiger partial charge in [0.2, 0.25) is 0 Å². The molecule has 3 heteroatoms. The molecular weight excluding hydrogens is 155 g/mol. The molecule has 0 atom stereocenters. The van der Waals surface area contributed by atoms with Gasteiger partial charge < -0.3 is 10.6 Å². The van der Waals surface area contributed by atoms with Crippen molar-refractivity contribution in [2.75, 3.05) is 24.2 Å². The van der Waals surface area contributed by atoms with Gasteiger partial charge in [-0.15, -0.1) is 0 Å². The summed E-state index contributed by atoms with van der Waals surface area (Å²) in [7, 11) is 1.99. The average Bonchev–Trinajstić information content (AvgIpc) is 2.35. The molecule has 0 fully saturated rings. The number of halogens is 1. The highest BCUT2D eigenvalue weighted by Gasteiger charge is 2.17. The van der Waals surface area contributed by atoms with Crippen LogP contribution in [0.25, 0.3) is 0 Å². The second-order valence-corrected chi connectivity index (χ2v) is 3.17. The van der Waals surface area contributed by atoms with E-state index in [0.717, 1.165) is 24.2 Å². The highest BCUT2D eigenvalue weighted by atomic mass is 19.1. The summed E-state index contributed by atoms with van der Waals surface area (Å²) in [5.74, 6) is -0.302. The first-order valence-electron chi connectivity index (χ1n) is 3.97. The number of hydrogen-bond donors (Lipinski definition) is 1. The van der Waals surface area contributed by atoms with E-state index in [2.05, 4.69) is 4.90 Å². The summed E-state index contributed by atoms with van der Waals surface area (Å²) in [4.78, 5) is 2.09. The van der Waals surface area contributed by atoms with E-state index in [1.165, 1.54) is 6.07 Å². The van der Waals surface area contributed by atoms with E-state index in [0.29, 0.717) is 0 Å². The molecule has 0 radical (unpaired) electrons. The van der Waals surface area contributed by atoms with Crippen LogP contribution in [0.5, 0.6) is 0 Å². The first-order valence-corrected chi connectivity index (χ1v) is 3.97. The molecule has 0 amide bonds. The fraction of sp³-hybridized carbons (Fsp3) is 0.333. The fourth-order valence-electron chi connectivity index (χ4n) is 1.58. The van der Waals surface area contributed by atoms with Crippen molar-refractivity contribution >= 4 is 11.4 Å². The molecule has 1 aliphatic heterocycles. The maximum absolute atomic E-state index is 13.0. The SMILES string of the molecule is CN1CCc2cc(F)c(N)cc21. The standard InChI is InChI=1S/C9H11FN2/c1-12-3-2-6-4-7(10)8(11)5-9(6)12/h4-5H,2-3,11H2,1H3. The van der Waals surface area contributed by atoms with E-state index in [-0.39, 0.29) is 11.5 Å². The minimum atomic E-state index is -0.302. The lowest BCUT2D eigenvalue weighted by Crippen LogP contribution is -2.12. The van der Waals surface area contributed by atoms with Crippen LogP contribution in [0.1, 0.15) is 5.56 Å². The van der Waals surface area contributed by atoms with Crippen LogP contribution in [-0.4, -0.2) is 13.6 Å². The Bertz CT molecular complexity index is 323. The van der Waals surface area contributed by atoms with Gasteiger partial charge in [-0.2, -0.15) is 0 Å². The molecule has 1 aromatic rings. The quantitative estimate of drug-likeness (QED) is 0.590.